The first kappa shape index (κ1) is 8.48. The van der Waals surface area contributed by atoms with Gasteiger partial charge in [-0.25, -0.2) is 0 Å². The van der Waals surface area contributed by atoms with Gasteiger partial charge in [0.15, 0.2) is 0 Å². The van der Waals surface area contributed by atoms with Crippen LogP contribution in [-0.4, -0.2) is 47.8 Å². The molecule has 2 fully saturated rings. The van der Waals surface area contributed by atoms with Crippen molar-refractivity contribution in [1.29, 1.82) is 0 Å². The lowest BCUT2D eigenvalue weighted by molar-refractivity contribution is 0.0805. The Morgan fingerprint density at radius 3 is 3.17 bits per heavy atom. The second kappa shape index (κ2) is 3.32. The van der Waals surface area contributed by atoms with Crippen molar-refractivity contribution < 1.29 is 5.11 Å². The summed E-state index contributed by atoms with van der Waals surface area (Å²) < 4.78 is 0. The third-order valence-electron chi connectivity index (χ3n) is 3.13. The fraction of sp³-hybridized carbons (Fsp3) is 1.00. The van der Waals surface area contributed by atoms with Crippen LogP contribution in [0.25, 0.3) is 0 Å². The number of piperazine rings is 1. The Balaban J connectivity index is 1.92. The van der Waals surface area contributed by atoms with E-state index in [1.807, 2.05) is 6.92 Å². The standard InChI is InChI=1S/C9H18N2O/c1-7(12)9-6-11-4-2-3-8(11)5-10-9/h7-10,12H,2-6H2,1H3/t7-,8-,9-/m0/s1. The first-order valence-electron chi connectivity index (χ1n) is 4.93. The van der Waals surface area contributed by atoms with Gasteiger partial charge in [0.25, 0.3) is 0 Å². The van der Waals surface area contributed by atoms with Crippen LogP contribution in [0.3, 0.4) is 0 Å². The van der Waals surface area contributed by atoms with Gasteiger partial charge in [0, 0.05) is 25.2 Å². The van der Waals surface area contributed by atoms with Crippen molar-refractivity contribution in [2.45, 2.75) is 38.0 Å². The number of aliphatic hydroxyl groups is 1. The molecule has 0 amide bonds. The van der Waals surface area contributed by atoms with Crippen LogP contribution < -0.4 is 5.32 Å². The van der Waals surface area contributed by atoms with Crippen LogP contribution in [-0.2, 0) is 0 Å². The maximum atomic E-state index is 9.41. The smallest absolute Gasteiger partial charge is 0.0677 e. The molecule has 70 valence electrons. The van der Waals surface area contributed by atoms with E-state index in [-0.39, 0.29) is 6.10 Å². The van der Waals surface area contributed by atoms with Gasteiger partial charge in [0.05, 0.1) is 6.10 Å². The van der Waals surface area contributed by atoms with E-state index in [4.69, 9.17) is 0 Å². The average molecular weight is 170 g/mol. The van der Waals surface area contributed by atoms with E-state index in [0.29, 0.717) is 6.04 Å². The zero-order valence-corrected chi connectivity index (χ0v) is 7.66. The summed E-state index contributed by atoms with van der Waals surface area (Å²) in [5, 5.41) is 12.8. The summed E-state index contributed by atoms with van der Waals surface area (Å²) in [5.41, 5.74) is 0. The Morgan fingerprint density at radius 1 is 1.58 bits per heavy atom. The number of rotatable bonds is 1. The van der Waals surface area contributed by atoms with Crippen molar-refractivity contribution in [3.05, 3.63) is 0 Å². The van der Waals surface area contributed by atoms with Gasteiger partial charge in [-0.2, -0.15) is 0 Å². The Kier molecular flexibility index (Phi) is 2.35. The van der Waals surface area contributed by atoms with Crippen LogP contribution in [0.1, 0.15) is 19.8 Å². The van der Waals surface area contributed by atoms with E-state index in [0.717, 1.165) is 19.1 Å². The lowest BCUT2D eigenvalue weighted by atomic mass is 10.1. The quantitative estimate of drug-likeness (QED) is 0.572. The fourth-order valence-electron chi connectivity index (χ4n) is 2.29. The lowest BCUT2D eigenvalue weighted by Gasteiger charge is -2.37. The Bertz CT molecular complexity index is 161. The van der Waals surface area contributed by atoms with Gasteiger partial charge in [0.1, 0.15) is 0 Å². The molecule has 3 heteroatoms. The molecule has 0 bridgehead atoms. The molecule has 2 saturated heterocycles. The highest BCUT2D eigenvalue weighted by Gasteiger charge is 2.32. The molecular formula is C9H18N2O. The highest BCUT2D eigenvalue weighted by atomic mass is 16.3. The first-order chi connectivity index (χ1) is 5.77. The van der Waals surface area contributed by atoms with Gasteiger partial charge in [-0.3, -0.25) is 4.90 Å². The SMILES string of the molecule is C[C@H](O)[C@@H]1CN2CCC[C@H]2CN1. The van der Waals surface area contributed by atoms with Gasteiger partial charge < -0.3 is 10.4 Å². The summed E-state index contributed by atoms with van der Waals surface area (Å²) in [7, 11) is 0. The molecule has 0 aromatic rings. The lowest BCUT2D eigenvalue weighted by Crippen LogP contribution is -2.57. The van der Waals surface area contributed by atoms with E-state index in [9.17, 15) is 5.11 Å². The van der Waals surface area contributed by atoms with Crippen molar-refractivity contribution >= 4 is 0 Å². The van der Waals surface area contributed by atoms with Crippen LogP contribution in [0.2, 0.25) is 0 Å². The highest BCUT2D eigenvalue weighted by Crippen LogP contribution is 2.20. The second-order valence-electron chi connectivity index (χ2n) is 4.05. The molecule has 0 radical (unpaired) electrons. The van der Waals surface area contributed by atoms with E-state index in [1.54, 1.807) is 0 Å². The third kappa shape index (κ3) is 1.49. The molecule has 2 heterocycles. The third-order valence-corrected chi connectivity index (χ3v) is 3.13. The summed E-state index contributed by atoms with van der Waals surface area (Å²) >= 11 is 0. The van der Waals surface area contributed by atoms with Gasteiger partial charge in [-0.15, -0.1) is 0 Å². The number of aliphatic hydroxyl groups excluding tert-OH is 1. The molecule has 3 atom stereocenters. The number of hydrogen-bond acceptors (Lipinski definition) is 3. The Labute approximate surface area is 73.8 Å². The molecule has 2 aliphatic rings. The average Bonchev–Trinajstić information content (AvgIpc) is 2.49. The van der Waals surface area contributed by atoms with E-state index in [2.05, 4.69) is 10.2 Å². The van der Waals surface area contributed by atoms with Gasteiger partial charge >= 0.3 is 0 Å². The first-order valence-corrected chi connectivity index (χ1v) is 4.93. The summed E-state index contributed by atoms with van der Waals surface area (Å²) in [6.45, 7) is 5.20. The summed E-state index contributed by atoms with van der Waals surface area (Å²) in [6.07, 6.45) is 2.45. The molecular weight excluding hydrogens is 152 g/mol. The van der Waals surface area contributed by atoms with Gasteiger partial charge in [0.2, 0.25) is 0 Å². The summed E-state index contributed by atoms with van der Waals surface area (Å²) in [5.74, 6) is 0. The van der Waals surface area contributed by atoms with Crippen LogP contribution >= 0.6 is 0 Å². The molecule has 0 aromatic carbocycles. The predicted molar refractivity (Wildman–Crippen MR) is 48.1 cm³/mol. The minimum absolute atomic E-state index is 0.216. The van der Waals surface area contributed by atoms with E-state index >= 15 is 0 Å². The van der Waals surface area contributed by atoms with Crippen molar-refractivity contribution in [3.63, 3.8) is 0 Å². The second-order valence-corrected chi connectivity index (χ2v) is 4.05. The molecule has 2 N–H and O–H groups in total. The Morgan fingerprint density at radius 2 is 2.42 bits per heavy atom. The molecule has 0 aliphatic carbocycles. The van der Waals surface area contributed by atoms with Crippen molar-refractivity contribution in [2.75, 3.05) is 19.6 Å². The van der Waals surface area contributed by atoms with E-state index < -0.39 is 0 Å². The van der Waals surface area contributed by atoms with Crippen LogP contribution in [0.15, 0.2) is 0 Å². The fourth-order valence-corrected chi connectivity index (χ4v) is 2.29. The maximum Gasteiger partial charge on any atom is 0.0677 e. The van der Waals surface area contributed by atoms with Crippen molar-refractivity contribution in [1.82, 2.24) is 10.2 Å². The molecule has 0 saturated carbocycles. The monoisotopic (exact) mass is 170 g/mol. The predicted octanol–water partition coefficient (Wildman–Crippen LogP) is -0.197. The number of nitrogens with zero attached hydrogens (tertiary/aromatic N) is 1. The van der Waals surface area contributed by atoms with Gasteiger partial charge in [-0.1, -0.05) is 0 Å². The van der Waals surface area contributed by atoms with Crippen LogP contribution in [0, 0.1) is 0 Å². The summed E-state index contributed by atoms with van der Waals surface area (Å²) in [4.78, 5) is 2.51. The summed E-state index contributed by atoms with van der Waals surface area (Å²) in [6, 6.07) is 1.04. The van der Waals surface area contributed by atoms with Crippen LogP contribution in [0.4, 0.5) is 0 Å². The molecule has 0 unspecified atom stereocenters. The van der Waals surface area contributed by atoms with Crippen molar-refractivity contribution in [3.8, 4) is 0 Å². The minimum atomic E-state index is -0.216. The Hall–Kier alpha value is -0.120. The largest absolute Gasteiger partial charge is 0.392 e. The minimum Gasteiger partial charge on any atom is -0.392 e. The van der Waals surface area contributed by atoms with Crippen LogP contribution in [0.5, 0.6) is 0 Å². The number of nitrogens with one attached hydrogen (secondary N) is 1. The highest BCUT2D eigenvalue weighted by molar-refractivity contribution is 4.91. The molecule has 2 aliphatic heterocycles. The van der Waals surface area contributed by atoms with Gasteiger partial charge in [-0.05, 0) is 26.3 Å². The zero-order valence-electron chi connectivity index (χ0n) is 7.66. The molecule has 0 spiro atoms. The normalized spacial score (nSPS) is 39.5. The maximum absolute atomic E-state index is 9.41. The van der Waals surface area contributed by atoms with Crippen molar-refractivity contribution in [2.24, 2.45) is 0 Å². The topological polar surface area (TPSA) is 35.5 Å². The molecule has 0 aromatic heterocycles. The molecule has 2 rings (SSSR count). The molecule has 3 nitrogen and oxygen atoms in total. The zero-order chi connectivity index (χ0) is 8.55. The number of fused-ring (bicyclic) bond motifs is 1. The molecule has 12 heavy (non-hydrogen) atoms. The number of hydrogen-bond donors (Lipinski definition) is 2. The van der Waals surface area contributed by atoms with E-state index in [1.165, 1.54) is 19.4 Å².